The zero-order chi connectivity index (χ0) is 21.6. The molecule has 164 valence electrons. The lowest BCUT2D eigenvalue weighted by molar-refractivity contribution is -0.130. The number of benzene rings is 1. The van der Waals surface area contributed by atoms with Crippen LogP contribution in [-0.2, 0) is 16.1 Å². The first-order chi connectivity index (χ1) is 15.1. The predicted molar refractivity (Wildman–Crippen MR) is 116 cm³/mol. The Morgan fingerprint density at radius 1 is 1.16 bits per heavy atom. The van der Waals surface area contributed by atoms with Crippen LogP contribution < -0.4 is 14.8 Å². The number of methoxy groups -OCH3 is 1. The molecule has 1 unspecified atom stereocenters. The molecule has 1 aromatic carbocycles. The summed E-state index contributed by atoms with van der Waals surface area (Å²) in [6, 6.07) is 11.3. The van der Waals surface area contributed by atoms with Crippen LogP contribution in [0.15, 0.2) is 42.6 Å². The minimum absolute atomic E-state index is 0.0946. The summed E-state index contributed by atoms with van der Waals surface area (Å²) >= 11 is 0. The number of amides is 2. The van der Waals surface area contributed by atoms with Gasteiger partial charge in [0, 0.05) is 43.4 Å². The van der Waals surface area contributed by atoms with E-state index in [1.165, 1.54) is 19.3 Å². The number of carbonyl (C=O) groups is 2. The monoisotopic (exact) mass is 423 g/mol. The van der Waals surface area contributed by atoms with Gasteiger partial charge in [-0.15, -0.1) is 0 Å². The summed E-state index contributed by atoms with van der Waals surface area (Å²) in [4.78, 5) is 31.5. The van der Waals surface area contributed by atoms with Crippen LogP contribution in [0.4, 0.5) is 0 Å². The predicted octanol–water partition coefficient (Wildman–Crippen LogP) is 3.68. The number of rotatable bonds is 7. The van der Waals surface area contributed by atoms with Crippen LogP contribution in [-0.4, -0.2) is 41.4 Å². The van der Waals surface area contributed by atoms with Gasteiger partial charge in [-0.2, -0.15) is 0 Å². The second-order valence-corrected chi connectivity index (χ2v) is 8.21. The number of carbonyl (C=O) groups excluding carboxylic acids is 2. The molecule has 1 atom stereocenters. The quantitative estimate of drug-likeness (QED) is 0.735. The van der Waals surface area contributed by atoms with E-state index < -0.39 is 0 Å². The molecule has 1 saturated heterocycles. The van der Waals surface area contributed by atoms with Gasteiger partial charge in [-0.25, -0.2) is 4.98 Å². The lowest BCUT2D eigenvalue weighted by Gasteiger charge is -2.31. The molecule has 1 aliphatic heterocycles. The highest BCUT2D eigenvalue weighted by molar-refractivity contribution is 5.89. The third-order valence-corrected chi connectivity index (χ3v) is 6.10. The number of likely N-dealkylation sites (tertiary alicyclic amines) is 1. The van der Waals surface area contributed by atoms with Gasteiger partial charge in [0.15, 0.2) is 0 Å². The standard InChI is InChI=1S/C24H29N3O4/c1-30-20-10-5-11-21(14-20)31-24-17(7-6-12-25-24)15-26-23(29)18-13-22(28)27(16-18)19-8-3-2-4-9-19/h5-7,10-12,14,18-19H,2-4,8-9,13,15-16H2,1H3,(H,26,29). The maximum atomic E-state index is 12.8. The van der Waals surface area contributed by atoms with Crippen molar-refractivity contribution in [2.45, 2.75) is 51.1 Å². The summed E-state index contributed by atoms with van der Waals surface area (Å²) in [5.74, 6) is 1.45. The van der Waals surface area contributed by atoms with E-state index in [2.05, 4.69) is 10.3 Å². The molecular weight excluding hydrogens is 394 g/mol. The molecule has 2 fully saturated rings. The van der Waals surface area contributed by atoms with Gasteiger partial charge in [-0.1, -0.05) is 31.4 Å². The highest BCUT2D eigenvalue weighted by atomic mass is 16.5. The molecule has 0 spiro atoms. The van der Waals surface area contributed by atoms with E-state index in [1.54, 1.807) is 19.4 Å². The fourth-order valence-corrected chi connectivity index (χ4v) is 4.41. The summed E-state index contributed by atoms with van der Waals surface area (Å²) in [5.41, 5.74) is 0.770. The molecule has 2 amide bonds. The van der Waals surface area contributed by atoms with Gasteiger partial charge in [0.05, 0.1) is 13.0 Å². The smallest absolute Gasteiger partial charge is 0.225 e. The van der Waals surface area contributed by atoms with E-state index >= 15 is 0 Å². The fourth-order valence-electron chi connectivity index (χ4n) is 4.41. The normalized spacial score (nSPS) is 19.3. The van der Waals surface area contributed by atoms with Gasteiger partial charge in [0.1, 0.15) is 11.5 Å². The zero-order valence-electron chi connectivity index (χ0n) is 17.9. The van der Waals surface area contributed by atoms with Gasteiger partial charge in [0.2, 0.25) is 17.7 Å². The van der Waals surface area contributed by atoms with Crippen molar-refractivity contribution < 1.29 is 19.1 Å². The number of ether oxygens (including phenoxy) is 2. The minimum atomic E-state index is -0.297. The van der Waals surface area contributed by atoms with Gasteiger partial charge in [-0.3, -0.25) is 9.59 Å². The van der Waals surface area contributed by atoms with Crippen molar-refractivity contribution in [3.8, 4) is 17.4 Å². The van der Waals surface area contributed by atoms with Crippen molar-refractivity contribution in [3.05, 3.63) is 48.2 Å². The van der Waals surface area contributed by atoms with E-state index in [-0.39, 0.29) is 17.7 Å². The van der Waals surface area contributed by atoms with Crippen LogP contribution in [0.3, 0.4) is 0 Å². The first-order valence-electron chi connectivity index (χ1n) is 11.0. The van der Waals surface area contributed by atoms with E-state index in [0.29, 0.717) is 42.9 Å². The van der Waals surface area contributed by atoms with E-state index in [4.69, 9.17) is 9.47 Å². The van der Waals surface area contributed by atoms with E-state index in [1.807, 2.05) is 35.2 Å². The third kappa shape index (κ3) is 5.16. The maximum Gasteiger partial charge on any atom is 0.225 e. The molecule has 0 radical (unpaired) electrons. The topological polar surface area (TPSA) is 80.8 Å². The highest BCUT2D eigenvalue weighted by Gasteiger charge is 2.38. The first kappa shape index (κ1) is 21.2. The summed E-state index contributed by atoms with van der Waals surface area (Å²) < 4.78 is 11.1. The molecule has 4 rings (SSSR count). The Morgan fingerprint density at radius 3 is 2.77 bits per heavy atom. The number of hydrogen-bond acceptors (Lipinski definition) is 5. The Balaban J connectivity index is 1.36. The van der Waals surface area contributed by atoms with Crippen molar-refractivity contribution in [2.24, 2.45) is 5.92 Å². The van der Waals surface area contributed by atoms with Crippen molar-refractivity contribution in [3.63, 3.8) is 0 Å². The van der Waals surface area contributed by atoms with E-state index in [0.717, 1.165) is 18.4 Å². The molecule has 2 heterocycles. The molecule has 1 N–H and O–H groups in total. The van der Waals surface area contributed by atoms with Gasteiger partial charge in [0.25, 0.3) is 0 Å². The lowest BCUT2D eigenvalue weighted by Crippen LogP contribution is -2.39. The van der Waals surface area contributed by atoms with Gasteiger partial charge in [-0.05, 0) is 31.0 Å². The van der Waals surface area contributed by atoms with Crippen LogP contribution >= 0.6 is 0 Å². The molecule has 7 heteroatoms. The maximum absolute atomic E-state index is 12.8. The summed E-state index contributed by atoms with van der Waals surface area (Å²) in [5, 5.41) is 2.97. The molecule has 31 heavy (non-hydrogen) atoms. The Bertz CT molecular complexity index is 927. The molecule has 2 aromatic rings. The van der Waals surface area contributed by atoms with Crippen molar-refractivity contribution in [1.29, 1.82) is 0 Å². The Labute approximate surface area is 182 Å². The molecule has 7 nitrogen and oxygen atoms in total. The Hall–Kier alpha value is -3.09. The first-order valence-corrected chi connectivity index (χ1v) is 11.0. The average molecular weight is 424 g/mol. The lowest BCUT2D eigenvalue weighted by atomic mass is 9.94. The minimum Gasteiger partial charge on any atom is -0.497 e. The average Bonchev–Trinajstić information content (AvgIpc) is 3.20. The number of nitrogens with zero attached hydrogens (tertiary/aromatic N) is 2. The van der Waals surface area contributed by atoms with Crippen LogP contribution in [0.5, 0.6) is 17.4 Å². The molecule has 1 saturated carbocycles. The Kier molecular flexibility index (Phi) is 6.70. The highest BCUT2D eigenvalue weighted by Crippen LogP contribution is 2.29. The van der Waals surface area contributed by atoms with Crippen LogP contribution in [0.1, 0.15) is 44.1 Å². The second-order valence-electron chi connectivity index (χ2n) is 8.21. The van der Waals surface area contributed by atoms with E-state index in [9.17, 15) is 9.59 Å². The number of aromatic nitrogens is 1. The van der Waals surface area contributed by atoms with Gasteiger partial charge >= 0.3 is 0 Å². The SMILES string of the molecule is COc1cccc(Oc2ncccc2CNC(=O)C2CC(=O)N(C3CCCCC3)C2)c1. The number of nitrogens with one attached hydrogen (secondary N) is 1. The summed E-state index contributed by atoms with van der Waals surface area (Å²) in [6.45, 7) is 0.815. The third-order valence-electron chi connectivity index (χ3n) is 6.10. The van der Waals surface area contributed by atoms with Crippen molar-refractivity contribution >= 4 is 11.8 Å². The van der Waals surface area contributed by atoms with Crippen LogP contribution in [0, 0.1) is 5.92 Å². The summed E-state index contributed by atoms with van der Waals surface area (Å²) in [7, 11) is 1.60. The molecule has 1 aromatic heterocycles. The molecule has 1 aliphatic carbocycles. The van der Waals surface area contributed by atoms with Crippen molar-refractivity contribution in [2.75, 3.05) is 13.7 Å². The summed E-state index contributed by atoms with van der Waals surface area (Å²) in [6.07, 6.45) is 7.64. The second kappa shape index (κ2) is 9.81. The molecule has 0 bridgehead atoms. The molecular formula is C24H29N3O4. The fraction of sp³-hybridized carbons (Fsp3) is 0.458. The largest absolute Gasteiger partial charge is 0.497 e. The van der Waals surface area contributed by atoms with Crippen molar-refractivity contribution in [1.82, 2.24) is 15.2 Å². The zero-order valence-corrected chi connectivity index (χ0v) is 17.9. The van der Waals surface area contributed by atoms with Crippen LogP contribution in [0.25, 0.3) is 0 Å². The van der Waals surface area contributed by atoms with Gasteiger partial charge < -0.3 is 19.7 Å². The number of hydrogen-bond donors (Lipinski definition) is 1. The Morgan fingerprint density at radius 2 is 1.97 bits per heavy atom. The number of pyridine rings is 1. The van der Waals surface area contributed by atoms with Crippen LogP contribution in [0.2, 0.25) is 0 Å². The molecule has 2 aliphatic rings.